The minimum Gasteiger partial charge on any atom is -0.492 e. The second-order valence-electron chi connectivity index (χ2n) is 5.23. The van der Waals surface area contributed by atoms with Gasteiger partial charge in [-0.25, -0.2) is 8.42 Å². The minimum absolute atomic E-state index is 0.0488. The molecule has 0 saturated carbocycles. The summed E-state index contributed by atoms with van der Waals surface area (Å²) < 4.78 is 37.0. The average molecular weight is 373 g/mol. The summed E-state index contributed by atoms with van der Waals surface area (Å²) in [5.41, 5.74) is 5.97. The first kappa shape index (κ1) is 21.4. The second kappa shape index (κ2) is 9.71. The maximum atomic E-state index is 12.7. The number of ether oxygens (including phenoxy) is 2. The van der Waals surface area contributed by atoms with Crippen LogP contribution in [0.4, 0.5) is 5.69 Å². The fourth-order valence-electron chi connectivity index (χ4n) is 2.24. The Morgan fingerprint density at radius 3 is 2.44 bits per heavy atom. The first-order valence-corrected chi connectivity index (χ1v) is 9.58. The molecule has 8 nitrogen and oxygen atoms in total. The van der Waals surface area contributed by atoms with Crippen LogP contribution in [0.1, 0.15) is 20.8 Å². The maximum absolute atomic E-state index is 12.7. The van der Waals surface area contributed by atoms with Crippen molar-refractivity contribution in [2.45, 2.75) is 31.7 Å². The van der Waals surface area contributed by atoms with Gasteiger partial charge in [0.1, 0.15) is 11.8 Å². The van der Waals surface area contributed by atoms with E-state index in [1.165, 1.54) is 29.6 Å². The topological polar surface area (TPSA) is 111 Å². The lowest BCUT2D eigenvalue weighted by atomic mass is 10.2. The van der Waals surface area contributed by atoms with E-state index in [0.717, 1.165) is 0 Å². The number of benzene rings is 1. The van der Waals surface area contributed by atoms with Gasteiger partial charge >= 0.3 is 0 Å². The highest BCUT2D eigenvalue weighted by Crippen LogP contribution is 2.29. The van der Waals surface area contributed by atoms with Gasteiger partial charge in [-0.15, -0.1) is 0 Å². The molecule has 0 aliphatic rings. The lowest BCUT2D eigenvalue weighted by molar-refractivity contribution is -0.118. The van der Waals surface area contributed by atoms with Gasteiger partial charge < -0.3 is 20.5 Å². The van der Waals surface area contributed by atoms with Gasteiger partial charge in [0, 0.05) is 20.2 Å². The predicted octanol–water partition coefficient (Wildman–Crippen LogP) is 1.03. The van der Waals surface area contributed by atoms with Gasteiger partial charge in [0.05, 0.1) is 23.8 Å². The first-order valence-electron chi connectivity index (χ1n) is 8.14. The average Bonchev–Trinajstić information content (AvgIpc) is 2.57. The van der Waals surface area contributed by atoms with Crippen molar-refractivity contribution in [3.63, 3.8) is 0 Å². The van der Waals surface area contributed by atoms with Crippen molar-refractivity contribution in [1.82, 2.24) is 4.31 Å². The SMILES string of the molecule is CCOc1ccc(S(=O)(=O)N(CC)CC)cc1NC(=O)C(N)COC. The molecule has 0 saturated heterocycles. The molecule has 1 amide bonds. The molecule has 1 rings (SSSR count). The largest absolute Gasteiger partial charge is 0.492 e. The fourth-order valence-corrected chi connectivity index (χ4v) is 3.73. The van der Waals surface area contributed by atoms with E-state index >= 15 is 0 Å². The van der Waals surface area contributed by atoms with E-state index in [4.69, 9.17) is 15.2 Å². The Morgan fingerprint density at radius 1 is 1.28 bits per heavy atom. The predicted molar refractivity (Wildman–Crippen MR) is 96.2 cm³/mol. The van der Waals surface area contributed by atoms with E-state index in [-0.39, 0.29) is 17.2 Å². The molecule has 0 aromatic heterocycles. The number of nitrogens with two attached hydrogens (primary N) is 1. The molecule has 3 N–H and O–H groups in total. The Hall–Kier alpha value is -1.68. The Labute approximate surface area is 149 Å². The second-order valence-corrected chi connectivity index (χ2v) is 7.17. The van der Waals surface area contributed by atoms with Crippen LogP contribution in [0.3, 0.4) is 0 Å². The number of nitrogens with zero attached hydrogens (tertiary/aromatic N) is 1. The number of nitrogens with one attached hydrogen (secondary N) is 1. The molecule has 0 radical (unpaired) electrons. The van der Waals surface area contributed by atoms with Gasteiger partial charge in [0.2, 0.25) is 15.9 Å². The molecule has 0 bridgehead atoms. The highest BCUT2D eigenvalue weighted by molar-refractivity contribution is 7.89. The highest BCUT2D eigenvalue weighted by Gasteiger charge is 2.24. The molecular formula is C16H27N3O5S. The molecule has 1 unspecified atom stereocenters. The molecule has 0 aliphatic carbocycles. The van der Waals surface area contributed by atoms with Crippen LogP contribution in [0.5, 0.6) is 5.75 Å². The summed E-state index contributed by atoms with van der Waals surface area (Å²) in [5.74, 6) is -0.112. The number of anilines is 1. The number of sulfonamides is 1. The summed E-state index contributed by atoms with van der Waals surface area (Å²) in [6, 6.07) is 3.50. The van der Waals surface area contributed by atoms with Gasteiger partial charge in [-0.05, 0) is 25.1 Å². The molecule has 1 aromatic carbocycles. The Balaban J connectivity index is 3.23. The Morgan fingerprint density at radius 2 is 1.92 bits per heavy atom. The van der Waals surface area contributed by atoms with Gasteiger partial charge in [0.15, 0.2) is 0 Å². The first-order chi connectivity index (χ1) is 11.8. The molecule has 0 aliphatic heterocycles. The number of methoxy groups -OCH3 is 1. The summed E-state index contributed by atoms with van der Waals surface area (Å²) >= 11 is 0. The van der Waals surface area contributed by atoms with Crippen LogP contribution in [0.15, 0.2) is 23.1 Å². The quantitative estimate of drug-likeness (QED) is 0.634. The van der Waals surface area contributed by atoms with Crippen LogP contribution in [-0.4, -0.2) is 58.1 Å². The Kier molecular flexibility index (Phi) is 8.30. The van der Waals surface area contributed by atoms with Gasteiger partial charge in [-0.1, -0.05) is 13.8 Å². The van der Waals surface area contributed by atoms with Gasteiger partial charge in [0.25, 0.3) is 0 Å². The van der Waals surface area contributed by atoms with Crippen LogP contribution >= 0.6 is 0 Å². The maximum Gasteiger partial charge on any atom is 0.243 e. The van der Waals surface area contributed by atoms with Crippen LogP contribution in [0.2, 0.25) is 0 Å². The zero-order valence-corrected chi connectivity index (χ0v) is 15.9. The molecule has 0 fully saturated rings. The molecule has 9 heteroatoms. The van der Waals surface area contributed by atoms with Gasteiger partial charge in [-0.3, -0.25) is 4.79 Å². The molecular weight excluding hydrogens is 346 g/mol. The van der Waals surface area contributed by atoms with E-state index in [2.05, 4.69) is 5.32 Å². The van der Waals surface area contributed by atoms with Crippen molar-refractivity contribution < 1.29 is 22.7 Å². The fraction of sp³-hybridized carbons (Fsp3) is 0.562. The lowest BCUT2D eigenvalue weighted by Crippen LogP contribution is -2.39. The molecule has 1 atom stereocenters. The summed E-state index contributed by atoms with van der Waals surface area (Å²) in [4.78, 5) is 12.2. The van der Waals surface area contributed by atoms with E-state index in [9.17, 15) is 13.2 Å². The van der Waals surface area contributed by atoms with Crippen LogP contribution < -0.4 is 15.8 Å². The van der Waals surface area contributed by atoms with Crippen molar-refractivity contribution >= 4 is 21.6 Å². The third-order valence-corrected chi connectivity index (χ3v) is 5.58. The van der Waals surface area contributed by atoms with Crippen LogP contribution in [0.25, 0.3) is 0 Å². The zero-order chi connectivity index (χ0) is 19.0. The van der Waals surface area contributed by atoms with Crippen LogP contribution in [-0.2, 0) is 19.6 Å². The molecule has 1 aromatic rings. The summed E-state index contributed by atoms with van der Waals surface area (Å²) in [6.07, 6.45) is 0. The minimum atomic E-state index is -3.65. The molecule has 25 heavy (non-hydrogen) atoms. The lowest BCUT2D eigenvalue weighted by Gasteiger charge is -2.20. The highest BCUT2D eigenvalue weighted by atomic mass is 32.2. The third kappa shape index (κ3) is 5.40. The van der Waals surface area contributed by atoms with Crippen molar-refractivity contribution in [2.24, 2.45) is 5.73 Å². The molecule has 142 valence electrons. The third-order valence-electron chi connectivity index (χ3n) is 3.53. The number of carbonyl (C=O) groups is 1. The summed E-state index contributed by atoms with van der Waals surface area (Å²) in [7, 11) is -2.21. The number of hydrogen-bond acceptors (Lipinski definition) is 6. The smallest absolute Gasteiger partial charge is 0.243 e. The van der Waals surface area contributed by atoms with E-state index < -0.39 is 22.0 Å². The summed E-state index contributed by atoms with van der Waals surface area (Å²) in [6.45, 7) is 6.45. The number of amides is 1. The summed E-state index contributed by atoms with van der Waals surface area (Å²) in [5, 5.41) is 2.62. The number of rotatable bonds is 10. The van der Waals surface area contributed by atoms with Crippen LogP contribution in [0, 0.1) is 0 Å². The van der Waals surface area contributed by atoms with Crippen molar-refractivity contribution in [3.05, 3.63) is 18.2 Å². The monoisotopic (exact) mass is 373 g/mol. The van der Waals surface area contributed by atoms with E-state index in [1.807, 2.05) is 0 Å². The van der Waals surface area contributed by atoms with E-state index in [1.54, 1.807) is 20.8 Å². The Bertz CT molecular complexity index is 674. The molecule has 0 spiro atoms. The number of carbonyl (C=O) groups excluding carboxylic acids is 1. The van der Waals surface area contributed by atoms with Gasteiger partial charge in [-0.2, -0.15) is 4.31 Å². The van der Waals surface area contributed by atoms with E-state index in [0.29, 0.717) is 25.4 Å². The number of hydrogen-bond donors (Lipinski definition) is 2. The van der Waals surface area contributed by atoms with Crippen molar-refractivity contribution in [3.8, 4) is 5.75 Å². The normalized spacial score (nSPS) is 12.9. The zero-order valence-electron chi connectivity index (χ0n) is 15.1. The van der Waals surface area contributed by atoms with Crippen molar-refractivity contribution in [1.29, 1.82) is 0 Å². The van der Waals surface area contributed by atoms with Crippen molar-refractivity contribution in [2.75, 3.05) is 38.7 Å². The standard InChI is InChI=1S/C16H27N3O5S/c1-5-19(6-2)25(21,22)12-8-9-15(24-7-3)14(10-12)18-16(20)13(17)11-23-4/h8-10,13H,5-7,11,17H2,1-4H3,(H,18,20). The molecule has 0 heterocycles.